The smallest absolute Gasteiger partial charge is 0.242 e. The van der Waals surface area contributed by atoms with Gasteiger partial charge in [-0.05, 0) is 36.8 Å². The van der Waals surface area contributed by atoms with Gasteiger partial charge in [0.1, 0.15) is 0 Å². The molecule has 0 radical (unpaired) electrons. The summed E-state index contributed by atoms with van der Waals surface area (Å²) in [6.07, 6.45) is 0.211. The predicted molar refractivity (Wildman–Crippen MR) is 93.8 cm³/mol. The van der Waals surface area contributed by atoms with Crippen LogP contribution in [0.4, 0.5) is 5.69 Å². The van der Waals surface area contributed by atoms with Gasteiger partial charge < -0.3 is 14.5 Å². The molecule has 0 saturated carbocycles. The molecule has 1 aliphatic rings. The number of anilines is 1. The molecule has 4 heteroatoms. The lowest BCUT2D eigenvalue weighted by Gasteiger charge is -2.36. The molecule has 0 spiro atoms. The van der Waals surface area contributed by atoms with E-state index in [1.54, 1.807) is 0 Å². The Hall–Kier alpha value is -2.07. The van der Waals surface area contributed by atoms with Crippen molar-refractivity contribution in [2.75, 3.05) is 31.6 Å². The van der Waals surface area contributed by atoms with E-state index < -0.39 is 0 Å². The van der Waals surface area contributed by atoms with Crippen molar-refractivity contribution in [1.29, 1.82) is 0 Å². The molecule has 1 saturated heterocycles. The molecule has 1 aliphatic heterocycles. The summed E-state index contributed by atoms with van der Waals surface area (Å²) < 4.78 is 5.70. The minimum Gasteiger partial charge on any atom is -0.372 e. The minimum absolute atomic E-state index is 0.105. The predicted octanol–water partition coefficient (Wildman–Crippen LogP) is 2.91. The Morgan fingerprint density at radius 2 is 1.78 bits per heavy atom. The molecule has 4 nitrogen and oxygen atoms in total. The molecule has 1 fully saturated rings. The molecule has 1 heterocycles. The van der Waals surface area contributed by atoms with Crippen molar-refractivity contribution >= 4 is 22.4 Å². The highest BCUT2D eigenvalue weighted by atomic mass is 16.5. The molecule has 0 bridgehead atoms. The zero-order chi connectivity index (χ0) is 16.4. The first-order chi connectivity index (χ1) is 11.0. The van der Waals surface area contributed by atoms with Crippen molar-refractivity contribution < 1.29 is 9.53 Å². The minimum atomic E-state index is 0.105. The number of rotatable bonds is 3. The highest BCUT2D eigenvalue weighted by Gasteiger charge is 2.26. The Morgan fingerprint density at radius 3 is 2.48 bits per heavy atom. The molecule has 23 heavy (non-hydrogen) atoms. The molecular formula is C19H24N2O2. The second-order valence-electron chi connectivity index (χ2n) is 6.44. The zero-order valence-electron chi connectivity index (χ0n) is 14.0. The summed E-state index contributed by atoms with van der Waals surface area (Å²) in [7, 11) is 1.97. The van der Waals surface area contributed by atoms with Crippen molar-refractivity contribution in [3.8, 4) is 0 Å². The SMILES string of the molecule is C[C@@H]1CN(C(=O)CN(C)c2ccc3ccccc3c2)C[C@@H](C)O1. The van der Waals surface area contributed by atoms with Gasteiger partial charge in [-0.2, -0.15) is 0 Å². The summed E-state index contributed by atoms with van der Waals surface area (Å²) in [5, 5.41) is 2.41. The standard InChI is InChI=1S/C19H24N2O2/c1-14-11-21(12-15(2)23-14)19(22)13-20(3)18-9-8-16-6-4-5-7-17(16)10-18/h4-10,14-15H,11-13H2,1-3H3/t14-,15-/m1/s1. The van der Waals surface area contributed by atoms with Crippen LogP contribution in [-0.2, 0) is 9.53 Å². The zero-order valence-corrected chi connectivity index (χ0v) is 14.0. The summed E-state index contributed by atoms with van der Waals surface area (Å²) in [5.74, 6) is 0.155. The average Bonchev–Trinajstić information content (AvgIpc) is 2.53. The van der Waals surface area contributed by atoms with Gasteiger partial charge in [0.25, 0.3) is 0 Å². The second kappa shape index (κ2) is 6.59. The molecule has 1 amide bonds. The summed E-state index contributed by atoms with van der Waals surface area (Å²) >= 11 is 0. The van der Waals surface area contributed by atoms with E-state index in [4.69, 9.17) is 4.74 Å². The number of hydrogen-bond donors (Lipinski definition) is 0. The van der Waals surface area contributed by atoms with E-state index in [9.17, 15) is 4.79 Å². The molecule has 0 unspecified atom stereocenters. The summed E-state index contributed by atoms with van der Waals surface area (Å²) in [4.78, 5) is 16.5. The Kier molecular flexibility index (Phi) is 4.53. The van der Waals surface area contributed by atoms with Crippen molar-refractivity contribution in [1.82, 2.24) is 4.90 Å². The quantitative estimate of drug-likeness (QED) is 0.873. The molecule has 3 rings (SSSR count). The van der Waals surface area contributed by atoms with Crippen LogP contribution in [-0.4, -0.2) is 49.7 Å². The van der Waals surface area contributed by atoms with Gasteiger partial charge in [-0.1, -0.05) is 30.3 Å². The van der Waals surface area contributed by atoms with Crippen LogP contribution in [0, 0.1) is 0 Å². The molecule has 2 aromatic rings. The van der Waals surface area contributed by atoms with E-state index in [1.807, 2.05) is 42.8 Å². The number of hydrogen-bond acceptors (Lipinski definition) is 3. The number of carbonyl (C=O) groups excluding carboxylic acids is 1. The normalized spacial score (nSPS) is 21.4. The molecule has 0 N–H and O–H groups in total. The van der Waals surface area contributed by atoms with Crippen LogP contribution < -0.4 is 4.90 Å². The fourth-order valence-electron chi connectivity index (χ4n) is 3.19. The van der Waals surface area contributed by atoms with Gasteiger partial charge in [0.2, 0.25) is 5.91 Å². The molecule has 0 aromatic heterocycles. The third-order valence-electron chi connectivity index (χ3n) is 4.32. The number of carbonyl (C=O) groups is 1. The van der Waals surface area contributed by atoms with Gasteiger partial charge in [0.15, 0.2) is 0 Å². The third kappa shape index (κ3) is 3.64. The van der Waals surface area contributed by atoms with E-state index in [0.29, 0.717) is 19.6 Å². The molecule has 2 atom stereocenters. The monoisotopic (exact) mass is 312 g/mol. The van der Waals surface area contributed by atoms with Crippen LogP contribution in [0.1, 0.15) is 13.8 Å². The van der Waals surface area contributed by atoms with Crippen LogP contribution in [0.25, 0.3) is 10.8 Å². The maximum Gasteiger partial charge on any atom is 0.242 e. The van der Waals surface area contributed by atoms with Crippen LogP contribution in [0.2, 0.25) is 0 Å². The van der Waals surface area contributed by atoms with E-state index >= 15 is 0 Å². The van der Waals surface area contributed by atoms with E-state index in [1.165, 1.54) is 10.8 Å². The van der Waals surface area contributed by atoms with Crippen LogP contribution in [0.15, 0.2) is 42.5 Å². The van der Waals surface area contributed by atoms with Gasteiger partial charge in [-0.25, -0.2) is 0 Å². The lowest BCUT2D eigenvalue weighted by Crippen LogP contribution is -2.50. The first-order valence-electron chi connectivity index (χ1n) is 8.16. The van der Waals surface area contributed by atoms with Crippen molar-refractivity contribution in [2.24, 2.45) is 0 Å². The fourth-order valence-corrected chi connectivity index (χ4v) is 3.19. The first kappa shape index (κ1) is 15.8. The van der Waals surface area contributed by atoms with Gasteiger partial charge in [0, 0.05) is 25.8 Å². The van der Waals surface area contributed by atoms with Crippen molar-refractivity contribution in [3.05, 3.63) is 42.5 Å². The number of likely N-dealkylation sites (N-methyl/N-ethyl adjacent to an activating group) is 1. The second-order valence-corrected chi connectivity index (χ2v) is 6.44. The number of amides is 1. The van der Waals surface area contributed by atoms with Crippen LogP contribution in [0.5, 0.6) is 0 Å². The molecule has 122 valence electrons. The van der Waals surface area contributed by atoms with Crippen molar-refractivity contribution in [2.45, 2.75) is 26.1 Å². The lowest BCUT2D eigenvalue weighted by atomic mass is 10.1. The summed E-state index contributed by atoms with van der Waals surface area (Å²) in [6.45, 7) is 5.77. The highest BCUT2D eigenvalue weighted by Crippen LogP contribution is 2.21. The Balaban J connectivity index is 1.69. The number of nitrogens with zero attached hydrogens (tertiary/aromatic N) is 2. The molecule has 2 aromatic carbocycles. The molecule has 0 aliphatic carbocycles. The van der Waals surface area contributed by atoms with E-state index in [2.05, 4.69) is 30.3 Å². The lowest BCUT2D eigenvalue weighted by molar-refractivity contribution is -0.141. The maximum atomic E-state index is 12.6. The Morgan fingerprint density at radius 1 is 1.13 bits per heavy atom. The van der Waals surface area contributed by atoms with E-state index in [-0.39, 0.29) is 18.1 Å². The van der Waals surface area contributed by atoms with Crippen LogP contribution in [0.3, 0.4) is 0 Å². The third-order valence-corrected chi connectivity index (χ3v) is 4.32. The highest BCUT2D eigenvalue weighted by molar-refractivity contribution is 5.87. The fraction of sp³-hybridized carbons (Fsp3) is 0.421. The number of benzene rings is 2. The first-order valence-corrected chi connectivity index (χ1v) is 8.16. The van der Waals surface area contributed by atoms with Gasteiger partial charge >= 0.3 is 0 Å². The summed E-state index contributed by atoms with van der Waals surface area (Å²) in [6, 6.07) is 14.6. The Labute approximate surface area is 137 Å². The average molecular weight is 312 g/mol. The number of morpholine rings is 1. The van der Waals surface area contributed by atoms with Crippen molar-refractivity contribution in [3.63, 3.8) is 0 Å². The van der Waals surface area contributed by atoms with Gasteiger partial charge in [0.05, 0.1) is 18.8 Å². The van der Waals surface area contributed by atoms with Crippen LogP contribution >= 0.6 is 0 Å². The molecular weight excluding hydrogens is 288 g/mol. The number of ether oxygens (including phenoxy) is 1. The number of fused-ring (bicyclic) bond motifs is 1. The largest absolute Gasteiger partial charge is 0.372 e. The van der Waals surface area contributed by atoms with Gasteiger partial charge in [-0.15, -0.1) is 0 Å². The van der Waals surface area contributed by atoms with Gasteiger partial charge in [-0.3, -0.25) is 4.79 Å². The summed E-state index contributed by atoms with van der Waals surface area (Å²) in [5.41, 5.74) is 1.06. The topological polar surface area (TPSA) is 32.8 Å². The van der Waals surface area contributed by atoms with E-state index in [0.717, 1.165) is 5.69 Å². The maximum absolute atomic E-state index is 12.6. The Bertz CT molecular complexity index is 691.